The maximum absolute atomic E-state index is 2.53. The molecule has 0 radical (unpaired) electrons. The molecule has 0 fully saturated rings. The van der Waals surface area contributed by atoms with E-state index >= 15 is 0 Å². The lowest BCUT2D eigenvalue weighted by Gasteiger charge is -2.19. The molecule has 0 N–H and O–H groups in total. The number of hydrogen-bond acceptors (Lipinski definition) is 2. The first-order valence-electron chi connectivity index (χ1n) is 5.42. The zero-order chi connectivity index (χ0) is 9.54. The molecule has 0 saturated heterocycles. The van der Waals surface area contributed by atoms with E-state index in [9.17, 15) is 0 Å². The van der Waals surface area contributed by atoms with Crippen molar-refractivity contribution >= 4 is 17.4 Å². The van der Waals surface area contributed by atoms with Crippen LogP contribution in [0.4, 0.5) is 5.69 Å². The molecule has 0 aliphatic carbocycles. The van der Waals surface area contributed by atoms with Crippen molar-refractivity contribution in [2.45, 2.75) is 24.7 Å². The quantitative estimate of drug-likeness (QED) is 0.693. The lowest BCUT2D eigenvalue weighted by atomic mass is 10.1. The maximum Gasteiger partial charge on any atom is 0.0540 e. The molecule has 0 unspecified atom stereocenters. The van der Waals surface area contributed by atoms with E-state index in [0.29, 0.717) is 0 Å². The average molecular weight is 205 g/mol. The standard InChI is InChI=1S/C12H15NS/c1-2-13-7-5-9-3-4-10-6-8-14-12(10)11(9)13/h3-4H,2,5-8H2,1H3. The molecule has 0 amide bonds. The molecule has 0 bridgehead atoms. The Balaban J connectivity index is 2.16. The fourth-order valence-corrected chi connectivity index (χ4v) is 3.79. The molecule has 2 heterocycles. The third-order valence-electron chi connectivity index (χ3n) is 3.26. The summed E-state index contributed by atoms with van der Waals surface area (Å²) >= 11 is 2.05. The molecule has 3 rings (SSSR count). The summed E-state index contributed by atoms with van der Waals surface area (Å²) in [5.41, 5.74) is 4.71. The van der Waals surface area contributed by atoms with Crippen molar-refractivity contribution in [3.8, 4) is 0 Å². The van der Waals surface area contributed by atoms with Crippen LogP contribution in [-0.4, -0.2) is 18.8 Å². The normalized spacial score (nSPS) is 18.5. The van der Waals surface area contributed by atoms with Gasteiger partial charge in [0.25, 0.3) is 0 Å². The van der Waals surface area contributed by atoms with Gasteiger partial charge in [0.1, 0.15) is 0 Å². The number of hydrogen-bond donors (Lipinski definition) is 0. The van der Waals surface area contributed by atoms with E-state index in [1.807, 2.05) is 0 Å². The van der Waals surface area contributed by atoms with Crippen molar-refractivity contribution in [1.29, 1.82) is 0 Å². The molecular formula is C12H15NS. The fraction of sp³-hybridized carbons (Fsp3) is 0.500. The summed E-state index contributed by atoms with van der Waals surface area (Å²) in [6, 6.07) is 4.68. The summed E-state index contributed by atoms with van der Waals surface area (Å²) in [7, 11) is 0. The molecule has 2 aliphatic heterocycles. The second-order valence-corrected chi connectivity index (χ2v) is 5.09. The first-order chi connectivity index (χ1) is 6.90. The van der Waals surface area contributed by atoms with E-state index in [1.54, 1.807) is 21.7 Å². The maximum atomic E-state index is 2.53. The number of likely N-dealkylation sites (N-methyl/N-ethyl adjacent to an activating group) is 1. The lowest BCUT2D eigenvalue weighted by Crippen LogP contribution is -2.19. The molecule has 1 aromatic carbocycles. The van der Waals surface area contributed by atoms with Gasteiger partial charge in [-0.15, -0.1) is 11.8 Å². The lowest BCUT2D eigenvalue weighted by molar-refractivity contribution is 0.862. The molecule has 0 saturated carbocycles. The molecule has 1 nitrogen and oxygen atoms in total. The predicted molar refractivity (Wildman–Crippen MR) is 62.5 cm³/mol. The first-order valence-corrected chi connectivity index (χ1v) is 6.41. The average Bonchev–Trinajstić information content (AvgIpc) is 2.82. The minimum Gasteiger partial charge on any atom is -0.370 e. The van der Waals surface area contributed by atoms with E-state index in [-0.39, 0.29) is 0 Å². The molecule has 14 heavy (non-hydrogen) atoms. The zero-order valence-electron chi connectivity index (χ0n) is 8.55. The zero-order valence-corrected chi connectivity index (χ0v) is 9.36. The summed E-state index contributed by atoms with van der Waals surface area (Å²) < 4.78 is 0. The SMILES string of the molecule is CCN1CCc2ccc3c(c21)SCC3. The Morgan fingerprint density at radius 1 is 1.29 bits per heavy atom. The largest absolute Gasteiger partial charge is 0.370 e. The Hall–Kier alpha value is -0.630. The molecule has 0 atom stereocenters. The van der Waals surface area contributed by atoms with E-state index in [1.165, 1.54) is 25.1 Å². The van der Waals surface area contributed by atoms with Crippen molar-refractivity contribution in [1.82, 2.24) is 0 Å². The smallest absolute Gasteiger partial charge is 0.0540 e. The summed E-state index contributed by atoms with van der Waals surface area (Å²) in [6.45, 7) is 4.64. The van der Waals surface area contributed by atoms with Crippen molar-refractivity contribution in [2.75, 3.05) is 23.7 Å². The Morgan fingerprint density at radius 3 is 3.00 bits per heavy atom. The Bertz CT molecular complexity index is 373. The summed E-state index contributed by atoms with van der Waals surface area (Å²) in [6.07, 6.45) is 2.52. The topological polar surface area (TPSA) is 3.24 Å². The van der Waals surface area contributed by atoms with Gasteiger partial charge in [-0.3, -0.25) is 0 Å². The van der Waals surface area contributed by atoms with E-state index in [4.69, 9.17) is 0 Å². The van der Waals surface area contributed by atoms with Gasteiger partial charge in [-0.2, -0.15) is 0 Å². The van der Waals surface area contributed by atoms with Crippen LogP contribution < -0.4 is 4.90 Å². The van der Waals surface area contributed by atoms with Gasteiger partial charge >= 0.3 is 0 Å². The molecule has 74 valence electrons. The van der Waals surface area contributed by atoms with Crippen LogP contribution in [0.3, 0.4) is 0 Å². The summed E-state index contributed by atoms with van der Waals surface area (Å²) in [5, 5.41) is 0. The van der Waals surface area contributed by atoms with Gasteiger partial charge in [-0.1, -0.05) is 12.1 Å². The molecule has 2 heteroatoms. The number of fused-ring (bicyclic) bond motifs is 3. The minimum atomic E-state index is 1.16. The first kappa shape index (κ1) is 8.66. The summed E-state index contributed by atoms with van der Waals surface area (Å²) in [5.74, 6) is 1.28. The number of anilines is 1. The highest BCUT2D eigenvalue weighted by atomic mass is 32.2. The van der Waals surface area contributed by atoms with Crippen molar-refractivity contribution in [3.05, 3.63) is 23.3 Å². The Labute approximate surface area is 89.5 Å². The van der Waals surface area contributed by atoms with Crippen LogP contribution in [0.15, 0.2) is 17.0 Å². The van der Waals surface area contributed by atoms with Gasteiger partial charge in [-0.25, -0.2) is 0 Å². The second kappa shape index (κ2) is 3.20. The van der Waals surface area contributed by atoms with E-state index in [0.717, 1.165) is 6.54 Å². The molecule has 0 spiro atoms. The van der Waals surface area contributed by atoms with Crippen molar-refractivity contribution in [2.24, 2.45) is 0 Å². The van der Waals surface area contributed by atoms with Crippen LogP contribution in [0.1, 0.15) is 18.1 Å². The molecule has 1 aromatic rings. The number of benzene rings is 1. The summed E-state index contributed by atoms with van der Waals surface area (Å²) in [4.78, 5) is 4.12. The highest BCUT2D eigenvalue weighted by Gasteiger charge is 2.25. The third kappa shape index (κ3) is 1.10. The van der Waals surface area contributed by atoms with Crippen molar-refractivity contribution < 1.29 is 0 Å². The number of rotatable bonds is 1. The Kier molecular flexibility index (Phi) is 1.98. The third-order valence-corrected chi connectivity index (χ3v) is 4.42. The van der Waals surface area contributed by atoms with Gasteiger partial charge in [-0.05, 0) is 30.9 Å². The van der Waals surface area contributed by atoms with Gasteiger partial charge in [0.15, 0.2) is 0 Å². The highest BCUT2D eigenvalue weighted by molar-refractivity contribution is 7.99. The van der Waals surface area contributed by atoms with Crippen LogP contribution in [0.2, 0.25) is 0 Å². The monoisotopic (exact) mass is 205 g/mol. The molecular weight excluding hydrogens is 190 g/mol. The van der Waals surface area contributed by atoms with Gasteiger partial charge in [0, 0.05) is 23.7 Å². The van der Waals surface area contributed by atoms with Crippen LogP contribution >= 0.6 is 11.8 Å². The van der Waals surface area contributed by atoms with Crippen molar-refractivity contribution in [3.63, 3.8) is 0 Å². The second-order valence-electron chi connectivity index (χ2n) is 3.99. The Morgan fingerprint density at radius 2 is 2.14 bits per heavy atom. The van der Waals surface area contributed by atoms with Crippen LogP contribution in [0.25, 0.3) is 0 Å². The number of nitrogens with zero attached hydrogens (tertiary/aromatic N) is 1. The minimum absolute atomic E-state index is 1.16. The van der Waals surface area contributed by atoms with Gasteiger partial charge in [0.05, 0.1) is 5.69 Å². The van der Waals surface area contributed by atoms with E-state index in [2.05, 4.69) is 35.7 Å². The van der Waals surface area contributed by atoms with Crippen LogP contribution in [-0.2, 0) is 12.8 Å². The van der Waals surface area contributed by atoms with Crippen LogP contribution in [0.5, 0.6) is 0 Å². The van der Waals surface area contributed by atoms with Crippen LogP contribution in [0, 0.1) is 0 Å². The number of thioether (sulfide) groups is 1. The predicted octanol–water partition coefficient (Wildman–Crippen LogP) is 2.72. The molecule has 0 aromatic heterocycles. The molecule has 2 aliphatic rings. The van der Waals surface area contributed by atoms with Gasteiger partial charge in [0.2, 0.25) is 0 Å². The number of aryl methyl sites for hydroxylation is 1. The van der Waals surface area contributed by atoms with E-state index < -0.39 is 0 Å². The van der Waals surface area contributed by atoms with Gasteiger partial charge < -0.3 is 4.90 Å². The fourth-order valence-electron chi connectivity index (χ4n) is 2.51. The highest BCUT2D eigenvalue weighted by Crippen LogP contribution is 2.43.